The van der Waals surface area contributed by atoms with Crippen LogP contribution in [0.3, 0.4) is 0 Å². The number of thiophene rings is 1. The molecule has 1 unspecified atom stereocenters. The zero-order valence-electron chi connectivity index (χ0n) is 9.06. The van der Waals surface area contributed by atoms with Crippen molar-refractivity contribution in [3.8, 4) is 0 Å². The quantitative estimate of drug-likeness (QED) is 0.784. The van der Waals surface area contributed by atoms with Gasteiger partial charge in [0.2, 0.25) is 0 Å². The maximum Gasteiger partial charge on any atom is 0.320 e. The summed E-state index contributed by atoms with van der Waals surface area (Å²) < 4.78 is 0. The van der Waals surface area contributed by atoms with E-state index in [4.69, 9.17) is 5.11 Å². The summed E-state index contributed by atoms with van der Waals surface area (Å²) in [6, 6.07) is 1.57. The van der Waals surface area contributed by atoms with Gasteiger partial charge in [0.15, 0.2) is 0 Å². The maximum atomic E-state index is 10.9. The van der Waals surface area contributed by atoms with Crippen LogP contribution in [-0.2, 0) is 11.3 Å². The molecule has 0 fully saturated rings. The third-order valence-electron chi connectivity index (χ3n) is 2.14. The van der Waals surface area contributed by atoms with Crippen LogP contribution in [-0.4, -0.2) is 17.1 Å². The van der Waals surface area contributed by atoms with Crippen molar-refractivity contribution >= 4 is 17.3 Å². The van der Waals surface area contributed by atoms with Gasteiger partial charge < -0.3 is 10.4 Å². The molecule has 0 aliphatic carbocycles. The molecule has 0 aliphatic rings. The Bertz CT molecular complexity index is 296. The van der Waals surface area contributed by atoms with Crippen molar-refractivity contribution in [3.63, 3.8) is 0 Å². The monoisotopic (exact) mass is 227 g/mol. The number of hydrogen-bond donors (Lipinski definition) is 2. The van der Waals surface area contributed by atoms with Gasteiger partial charge in [-0.05, 0) is 34.7 Å². The van der Waals surface area contributed by atoms with E-state index in [-0.39, 0.29) is 0 Å². The summed E-state index contributed by atoms with van der Waals surface area (Å²) in [4.78, 5) is 10.9. The molecule has 1 aromatic heterocycles. The lowest BCUT2D eigenvalue weighted by atomic mass is 10.0. The van der Waals surface area contributed by atoms with E-state index in [2.05, 4.69) is 5.32 Å². The van der Waals surface area contributed by atoms with Crippen molar-refractivity contribution < 1.29 is 9.90 Å². The van der Waals surface area contributed by atoms with Crippen LogP contribution < -0.4 is 5.32 Å². The van der Waals surface area contributed by atoms with Gasteiger partial charge in [-0.3, -0.25) is 4.79 Å². The minimum absolute atomic E-state index is 0.390. The molecule has 84 valence electrons. The third kappa shape index (κ3) is 4.44. The van der Waals surface area contributed by atoms with Crippen LogP contribution in [0.25, 0.3) is 0 Å². The minimum Gasteiger partial charge on any atom is -0.480 e. The van der Waals surface area contributed by atoms with Gasteiger partial charge in [0.25, 0.3) is 0 Å². The molecule has 3 nitrogen and oxygen atoms in total. The highest BCUT2D eigenvalue weighted by molar-refractivity contribution is 7.07. The van der Waals surface area contributed by atoms with E-state index < -0.39 is 12.0 Å². The molecule has 0 aromatic carbocycles. The van der Waals surface area contributed by atoms with Crippen molar-refractivity contribution in [1.82, 2.24) is 5.32 Å². The highest BCUT2D eigenvalue weighted by atomic mass is 32.1. The Hall–Kier alpha value is -0.870. The van der Waals surface area contributed by atoms with Crippen LogP contribution in [0.15, 0.2) is 16.8 Å². The fraction of sp³-hybridized carbons (Fsp3) is 0.545. The van der Waals surface area contributed by atoms with Gasteiger partial charge >= 0.3 is 5.97 Å². The predicted octanol–water partition coefficient (Wildman–Crippen LogP) is 2.34. The smallest absolute Gasteiger partial charge is 0.320 e. The van der Waals surface area contributed by atoms with E-state index in [1.165, 1.54) is 0 Å². The Labute approximate surface area is 94.1 Å². The van der Waals surface area contributed by atoms with Gasteiger partial charge in [0.1, 0.15) is 6.04 Å². The molecule has 0 saturated heterocycles. The Morgan fingerprint density at radius 1 is 1.60 bits per heavy atom. The minimum atomic E-state index is -0.765. The van der Waals surface area contributed by atoms with Crippen molar-refractivity contribution in [2.24, 2.45) is 5.92 Å². The molecule has 1 aromatic rings. The van der Waals surface area contributed by atoms with Crippen LogP contribution in [0, 0.1) is 5.92 Å². The number of carbonyl (C=O) groups is 1. The number of aliphatic carboxylic acids is 1. The highest BCUT2D eigenvalue weighted by Crippen LogP contribution is 2.08. The second kappa shape index (κ2) is 5.88. The molecule has 1 rings (SSSR count). The van der Waals surface area contributed by atoms with Crippen molar-refractivity contribution in [2.75, 3.05) is 0 Å². The summed E-state index contributed by atoms with van der Waals surface area (Å²) in [6.07, 6.45) is 0.666. The van der Waals surface area contributed by atoms with Gasteiger partial charge in [-0.15, -0.1) is 0 Å². The first-order valence-corrected chi connectivity index (χ1v) is 6.01. The lowest BCUT2D eigenvalue weighted by Crippen LogP contribution is -2.37. The Morgan fingerprint density at radius 3 is 2.80 bits per heavy atom. The van der Waals surface area contributed by atoms with Crippen molar-refractivity contribution in [2.45, 2.75) is 32.9 Å². The first-order chi connectivity index (χ1) is 7.09. The molecule has 0 aliphatic heterocycles. The largest absolute Gasteiger partial charge is 0.480 e. The van der Waals surface area contributed by atoms with E-state index in [1.807, 2.05) is 30.7 Å². The highest BCUT2D eigenvalue weighted by Gasteiger charge is 2.17. The maximum absolute atomic E-state index is 10.9. The number of carboxylic acids is 1. The topological polar surface area (TPSA) is 49.3 Å². The Kier molecular flexibility index (Phi) is 4.78. The zero-order chi connectivity index (χ0) is 11.3. The molecule has 15 heavy (non-hydrogen) atoms. The summed E-state index contributed by atoms with van der Waals surface area (Å²) in [5.41, 5.74) is 1.15. The van der Waals surface area contributed by atoms with Crippen LogP contribution in [0.2, 0.25) is 0 Å². The van der Waals surface area contributed by atoms with Crippen LogP contribution in [0.4, 0.5) is 0 Å². The third-order valence-corrected chi connectivity index (χ3v) is 2.87. The first-order valence-electron chi connectivity index (χ1n) is 5.07. The molecule has 0 bridgehead atoms. The molecule has 0 spiro atoms. The number of rotatable bonds is 6. The van der Waals surface area contributed by atoms with Gasteiger partial charge in [-0.2, -0.15) is 11.3 Å². The van der Waals surface area contributed by atoms with Gasteiger partial charge in [-0.1, -0.05) is 13.8 Å². The fourth-order valence-electron chi connectivity index (χ4n) is 1.38. The van der Waals surface area contributed by atoms with Crippen LogP contribution in [0.1, 0.15) is 25.8 Å². The van der Waals surface area contributed by atoms with Crippen molar-refractivity contribution in [3.05, 3.63) is 22.4 Å². The molecular weight excluding hydrogens is 210 g/mol. The summed E-state index contributed by atoms with van der Waals surface area (Å²) >= 11 is 1.63. The molecule has 2 N–H and O–H groups in total. The Morgan fingerprint density at radius 2 is 2.33 bits per heavy atom. The predicted molar refractivity (Wildman–Crippen MR) is 62.0 cm³/mol. The summed E-state index contributed by atoms with van der Waals surface area (Å²) in [5.74, 6) is -0.375. The van der Waals surface area contributed by atoms with E-state index in [9.17, 15) is 4.79 Å². The van der Waals surface area contributed by atoms with E-state index in [0.717, 1.165) is 5.56 Å². The molecule has 1 heterocycles. The molecule has 0 saturated carbocycles. The number of carboxylic acid groups (broad SMARTS) is 1. The fourth-order valence-corrected chi connectivity index (χ4v) is 2.05. The van der Waals surface area contributed by atoms with Crippen molar-refractivity contribution in [1.29, 1.82) is 0 Å². The van der Waals surface area contributed by atoms with Crippen LogP contribution in [0.5, 0.6) is 0 Å². The molecule has 0 radical (unpaired) electrons. The average molecular weight is 227 g/mol. The van der Waals surface area contributed by atoms with Gasteiger partial charge in [0, 0.05) is 6.54 Å². The van der Waals surface area contributed by atoms with Crippen LogP contribution >= 0.6 is 11.3 Å². The number of hydrogen-bond acceptors (Lipinski definition) is 3. The number of nitrogens with one attached hydrogen (secondary N) is 1. The Balaban J connectivity index is 2.41. The lowest BCUT2D eigenvalue weighted by Gasteiger charge is -2.15. The van der Waals surface area contributed by atoms with E-state index in [1.54, 1.807) is 11.3 Å². The zero-order valence-corrected chi connectivity index (χ0v) is 9.88. The van der Waals surface area contributed by atoms with Gasteiger partial charge in [0.05, 0.1) is 0 Å². The SMILES string of the molecule is CC(C)CC(NCc1ccsc1)C(=O)O. The second-order valence-corrected chi connectivity index (χ2v) is 4.81. The normalized spacial score (nSPS) is 13.0. The van der Waals surface area contributed by atoms with E-state index >= 15 is 0 Å². The summed E-state index contributed by atoms with van der Waals surface area (Å²) in [7, 11) is 0. The molecule has 0 amide bonds. The second-order valence-electron chi connectivity index (χ2n) is 4.03. The van der Waals surface area contributed by atoms with E-state index in [0.29, 0.717) is 18.9 Å². The molecule has 4 heteroatoms. The lowest BCUT2D eigenvalue weighted by molar-refractivity contribution is -0.140. The standard InChI is InChI=1S/C11H17NO2S/c1-8(2)5-10(11(13)14)12-6-9-3-4-15-7-9/h3-4,7-8,10,12H,5-6H2,1-2H3,(H,13,14). The summed E-state index contributed by atoms with van der Waals surface area (Å²) in [6.45, 7) is 4.69. The summed E-state index contributed by atoms with van der Waals surface area (Å²) in [5, 5.41) is 16.1. The average Bonchev–Trinajstić information content (AvgIpc) is 2.63. The molecule has 1 atom stereocenters. The molecular formula is C11H17NO2S. The first kappa shape index (κ1) is 12.2. The van der Waals surface area contributed by atoms with Gasteiger partial charge in [-0.25, -0.2) is 0 Å².